The first-order valence-corrected chi connectivity index (χ1v) is 26.0. The van der Waals surface area contributed by atoms with E-state index in [1.807, 2.05) is 0 Å². The summed E-state index contributed by atoms with van der Waals surface area (Å²) in [7, 11) is 0. The van der Waals surface area contributed by atoms with E-state index >= 15 is 0 Å². The number of hydrogen-bond acceptors (Lipinski definition) is 35. The highest BCUT2D eigenvalue weighted by atomic mass is 16.8. The summed E-state index contributed by atoms with van der Waals surface area (Å²) in [5.74, 6) is 0. The molecule has 466 valence electrons. The van der Waals surface area contributed by atoms with Crippen molar-refractivity contribution in [2.24, 2.45) is 0 Å². The van der Waals surface area contributed by atoms with Crippen LogP contribution in [-0.4, -0.2) is 367 Å². The van der Waals surface area contributed by atoms with Gasteiger partial charge in [0.25, 0.3) is 0 Å². The number of aliphatic hydroxyl groups excluding tert-OH is 20. The van der Waals surface area contributed by atoms with Crippen molar-refractivity contribution in [3.05, 3.63) is 18.7 Å². The van der Waals surface area contributed by atoms with Gasteiger partial charge in [0.1, 0.15) is 171 Å². The second kappa shape index (κ2) is 26.9. The first-order valence-electron chi connectivity index (χ1n) is 26.0. The molecule has 0 radical (unpaired) electrons. The van der Waals surface area contributed by atoms with E-state index in [1.54, 1.807) is 0 Å². The molecule has 36 heteroatoms. The van der Waals surface area contributed by atoms with Gasteiger partial charge in [-0.2, -0.15) is 0 Å². The Bertz CT molecular complexity index is 2090. The SMILES string of the molecule is OC[C@H]1O[C@@H]2O[C@H]3[C@H](O)[C@@H](O)[C@@H](O[C@H]4[C@H](O)[C@@H](O)[C@@H](O[C@H]5[C@H](O)[C@@H](n6ccnc6)[C@@H](O[C@H]6[C@H](O)[C@@H](O)[C@@H](O[C@H]7[C@H](O)[C@@H](O)[C@@H](O[C@H]8[C@H](O)[C@@H](O)[C@@H](O[C@H]1[C@H](O)[C@H]2O)O[C@@H]8CO)O[C@@H]7CO)O[C@@H]6CO)O[C@@H]5CO)O[C@@H]4CO)O[C@@H]3CO. The lowest BCUT2D eigenvalue weighted by Gasteiger charge is -2.50. The molecular formula is C45H72N2O34. The van der Waals surface area contributed by atoms with E-state index in [-0.39, 0.29) is 0 Å². The van der Waals surface area contributed by atoms with E-state index in [0.717, 1.165) is 0 Å². The zero-order valence-corrected chi connectivity index (χ0v) is 42.4. The fourth-order valence-electron chi connectivity index (χ4n) is 11.2. The van der Waals surface area contributed by atoms with Crippen molar-refractivity contribution in [3.63, 3.8) is 0 Å². The Balaban J connectivity index is 1.02. The summed E-state index contributed by atoms with van der Waals surface area (Å²) in [6.45, 7) is -7.17. The maximum Gasteiger partial charge on any atom is 0.187 e. The van der Waals surface area contributed by atoms with Crippen molar-refractivity contribution in [1.82, 2.24) is 9.55 Å². The van der Waals surface area contributed by atoms with Gasteiger partial charge in [-0.15, -0.1) is 0 Å². The third kappa shape index (κ3) is 12.3. The van der Waals surface area contributed by atoms with Crippen molar-refractivity contribution < 1.29 is 168 Å². The van der Waals surface area contributed by atoms with E-state index < -0.39 is 261 Å². The van der Waals surface area contributed by atoms with Crippen LogP contribution in [0.5, 0.6) is 0 Å². The Kier molecular flexibility index (Phi) is 21.0. The standard InChI is InChI=1S/C45H72N2O34/c48-3-11-32-19(55)18(47-2-1-46-10-47)39(68-11)75-33-12(4-49)69-41(26(62)20(33)56)77-35-14(6-51)71-43(28(64)22(35)58)79-37-16(8-53)73-45(30(66)24(37)60)81-38-17(9-54)74-44(31(67)25(38)61)80-36-15(7-52)72-42(29(65)23(36)59)78-34-13(5-50)70-40(76-32)27(63)21(34)57/h1-2,10-45,48-67H,3-9H2/t11-,12-,13-,14-,15-,16-,17-,18-,19-,20-,21-,22-,23-,24-,25-,26-,27-,28-,29-,30-,31-,32-,33-,34-,35-,36-,37-,38-,39-,40-,41-,42-,43-,44-,45-/m1/s1. The summed E-state index contributed by atoms with van der Waals surface area (Å²) in [4.78, 5) is 3.98. The number of nitrogens with zero attached hydrogens (tertiary/aromatic N) is 2. The number of ether oxygens (including phenoxy) is 14. The summed E-state index contributed by atoms with van der Waals surface area (Å²) in [6.07, 6.45) is -63.0. The minimum absolute atomic E-state index is 0.987. The molecule has 21 saturated heterocycles. The molecule has 0 aromatic carbocycles. The molecule has 35 atom stereocenters. The summed E-state index contributed by atoms with van der Waals surface area (Å²) < 4.78 is 82.6. The topological polar surface area (TPSA) is 552 Å². The Morgan fingerprint density at radius 3 is 0.654 bits per heavy atom. The Hall–Kier alpha value is -2.15. The number of hydrogen-bond donors (Lipinski definition) is 20. The highest BCUT2D eigenvalue weighted by Crippen LogP contribution is 2.41. The molecule has 22 heterocycles. The molecule has 81 heavy (non-hydrogen) atoms. The fourth-order valence-corrected chi connectivity index (χ4v) is 11.2. The Labute approximate surface area is 457 Å². The lowest BCUT2D eigenvalue weighted by molar-refractivity contribution is -0.396. The number of rotatable bonds is 8. The second-order valence-electron chi connectivity index (χ2n) is 20.7. The van der Waals surface area contributed by atoms with E-state index in [2.05, 4.69) is 4.98 Å². The molecule has 0 unspecified atom stereocenters. The van der Waals surface area contributed by atoms with Crippen LogP contribution in [0.3, 0.4) is 0 Å². The van der Waals surface area contributed by atoms with Crippen LogP contribution in [0.15, 0.2) is 18.7 Å². The fraction of sp³-hybridized carbons (Fsp3) is 0.933. The van der Waals surface area contributed by atoms with Gasteiger partial charge < -0.3 is 173 Å². The van der Waals surface area contributed by atoms with Gasteiger partial charge in [0.15, 0.2) is 44.0 Å². The third-order valence-electron chi connectivity index (χ3n) is 15.7. The zero-order chi connectivity index (χ0) is 58.5. The summed E-state index contributed by atoms with van der Waals surface area (Å²) >= 11 is 0. The summed E-state index contributed by atoms with van der Waals surface area (Å²) in [6, 6.07) is -1.50. The van der Waals surface area contributed by atoms with Gasteiger partial charge >= 0.3 is 0 Å². The molecule has 21 aliphatic heterocycles. The maximum absolute atomic E-state index is 12.1. The molecule has 21 fully saturated rings. The van der Waals surface area contributed by atoms with Gasteiger partial charge in [-0.05, 0) is 0 Å². The van der Waals surface area contributed by atoms with Crippen molar-refractivity contribution in [1.29, 1.82) is 0 Å². The number of aromatic nitrogens is 2. The first-order chi connectivity index (χ1) is 38.7. The number of imidazole rings is 1. The molecule has 0 amide bonds. The van der Waals surface area contributed by atoms with E-state index in [0.29, 0.717) is 0 Å². The number of aliphatic hydroxyl groups is 20. The molecule has 1 aromatic heterocycles. The van der Waals surface area contributed by atoms with Crippen LogP contribution < -0.4 is 0 Å². The minimum atomic E-state index is -2.20. The van der Waals surface area contributed by atoms with Gasteiger partial charge in [0.05, 0.1) is 52.6 Å². The van der Waals surface area contributed by atoms with Gasteiger partial charge in [-0.25, -0.2) is 4.98 Å². The largest absolute Gasteiger partial charge is 0.394 e. The highest BCUT2D eigenvalue weighted by Gasteiger charge is 2.60. The van der Waals surface area contributed by atoms with Crippen LogP contribution in [0.25, 0.3) is 0 Å². The van der Waals surface area contributed by atoms with Crippen LogP contribution in [-0.2, 0) is 66.3 Å². The monoisotopic (exact) mass is 1180 g/mol. The smallest absolute Gasteiger partial charge is 0.187 e. The second-order valence-corrected chi connectivity index (χ2v) is 20.7. The predicted octanol–water partition coefficient (Wildman–Crippen LogP) is -14.2. The molecule has 1 aromatic rings. The molecule has 0 aliphatic carbocycles. The van der Waals surface area contributed by atoms with Crippen LogP contribution in [0.4, 0.5) is 0 Å². The molecule has 20 N–H and O–H groups in total. The molecule has 36 nitrogen and oxygen atoms in total. The van der Waals surface area contributed by atoms with Gasteiger partial charge in [-0.3, -0.25) is 0 Å². The molecule has 22 rings (SSSR count). The molecule has 21 aliphatic rings. The summed E-state index contributed by atoms with van der Waals surface area (Å²) in [5.41, 5.74) is 0. The highest BCUT2D eigenvalue weighted by molar-refractivity contribution is 5.03. The maximum atomic E-state index is 12.1. The normalized spacial score (nSPS) is 53.2. The van der Waals surface area contributed by atoms with Crippen molar-refractivity contribution in [3.8, 4) is 0 Å². The van der Waals surface area contributed by atoms with E-state index in [9.17, 15) is 102 Å². The average Bonchev–Trinajstić information content (AvgIpc) is 4.02. The van der Waals surface area contributed by atoms with Crippen LogP contribution in [0.1, 0.15) is 6.04 Å². The minimum Gasteiger partial charge on any atom is -0.394 e. The van der Waals surface area contributed by atoms with Crippen molar-refractivity contribution in [2.45, 2.75) is 215 Å². The van der Waals surface area contributed by atoms with Gasteiger partial charge in [0.2, 0.25) is 0 Å². The Morgan fingerprint density at radius 2 is 0.457 bits per heavy atom. The van der Waals surface area contributed by atoms with E-state index in [1.165, 1.54) is 23.3 Å². The Morgan fingerprint density at radius 1 is 0.259 bits per heavy atom. The zero-order valence-electron chi connectivity index (χ0n) is 42.4. The van der Waals surface area contributed by atoms with Crippen molar-refractivity contribution in [2.75, 3.05) is 46.2 Å². The van der Waals surface area contributed by atoms with Crippen LogP contribution in [0.2, 0.25) is 0 Å². The molecule has 0 saturated carbocycles. The van der Waals surface area contributed by atoms with Crippen LogP contribution in [0, 0.1) is 0 Å². The molecule has 0 spiro atoms. The van der Waals surface area contributed by atoms with Crippen LogP contribution >= 0.6 is 0 Å². The quantitative estimate of drug-likeness (QED) is 0.115. The lowest BCUT2D eigenvalue weighted by Crippen LogP contribution is -2.68. The molecular weight excluding hydrogens is 1110 g/mol. The van der Waals surface area contributed by atoms with Crippen molar-refractivity contribution >= 4 is 0 Å². The van der Waals surface area contributed by atoms with Gasteiger partial charge in [-0.1, -0.05) is 0 Å². The predicted molar refractivity (Wildman–Crippen MR) is 244 cm³/mol. The van der Waals surface area contributed by atoms with Gasteiger partial charge in [0, 0.05) is 12.4 Å². The first kappa shape index (κ1) is 63.4. The summed E-state index contributed by atoms with van der Waals surface area (Å²) in [5, 5.41) is 222. The average molecular weight is 1190 g/mol. The third-order valence-corrected chi connectivity index (χ3v) is 15.7. The lowest BCUT2D eigenvalue weighted by atomic mass is 9.94. The van der Waals surface area contributed by atoms with E-state index in [4.69, 9.17) is 66.3 Å². The molecule has 14 bridgehead atoms.